The largest absolute Gasteiger partial charge is 0.480 e. The molecule has 17 heavy (non-hydrogen) atoms. The molecule has 1 saturated heterocycles. The summed E-state index contributed by atoms with van der Waals surface area (Å²) in [7, 11) is 0. The van der Waals surface area contributed by atoms with Crippen molar-refractivity contribution in [2.75, 3.05) is 11.4 Å². The Morgan fingerprint density at radius 2 is 2.18 bits per heavy atom. The van der Waals surface area contributed by atoms with Gasteiger partial charge in [-0.3, -0.25) is 0 Å². The van der Waals surface area contributed by atoms with E-state index in [0.717, 1.165) is 24.5 Å². The maximum Gasteiger partial charge on any atom is 0.326 e. The summed E-state index contributed by atoms with van der Waals surface area (Å²) < 4.78 is 0. The Balaban J connectivity index is 1.87. The van der Waals surface area contributed by atoms with Gasteiger partial charge < -0.3 is 10.0 Å². The van der Waals surface area contributed by atoms with Gasteiger partial charge >= 0.3 is 5.97 Å². The standard InChI is InChI=1S/C12H15N3O2/c16-12(17)10-2-1-5-15(10)11-6-9(8-3-4-8)13-7-14-11/h6-8,10H,1-5H2,(H,16,17). The Morgan fingerprint density at radius 1 is 1.35 bits per heavy atom. The molecule has 1 aromatic rings. The number of nitrogens with zero attached hydrogens (tertiary/aromatic N) is 3. The molecule has 1 N–H and O–H groups in total. The van der Waals surface area contributed by atoms with Crippen molar-refractivity contribution in [1.29, 1.82) is 0 Å². The summed E-state index contributed by atoms with van der Waals surface area (Å²) in [5.41, 5.74) is 1.06. The summed E-state index contributed by atoms with van der Waals surface area (Å²) in [5, 5.41) is 9.15. The smallest absolute Gasteiger partial charge is 0.326 e. The normalized spacial score (nSPS) is 24.0. The maximum atomic E-state index is 11.1. The lowest BCUT2D eigenvalue weighted by molar-refractivity contribution is -0.138. The molecule has 0 bridgehead atoms. The number of anilines is 1. The highest BCUT2D eigenvalue weighted by molar-refractivity contribution is 5.78. The molecule has 5 heteroatoms. The number of hydrogen-bond donors (Lipinski definition) is 1. The van der Waals surface area contributed by atoms with Gasteiger partial charge in [-0.1, -0.05) is 0 Å². The third-order valence-corrected chi connectivity index (χ3v) is 3.50. The van der Waals surface area contributed by atoms with Crippen LogP contribution >= 0.6 is 0 Å². The summed E-state index contributed by atoms with van der Waals surface area (Å²) in [5.74, 6) is 0.587. The molecule has 2 aliphatic rings. The Hall–Kier alpha value is -1.65. The first-order valence-corrected chi connectivity index (χ1v) is 6.07. The number of hydrogen-bond acceptors (Lipinski definition) is 4. The highest BCUT2D eigenvalue weighted by Crippen LogP contribution is 2.39. The molecule has 2 fully saturated rings. The van der Waals surface area contributed by atoms with Crippen LogP contribution < -0.4 is 4.90 Å². The molecule has 0 amide bonds. The quantitative estimate of drug-likeness (QED) is 0.855. The molecule has 1 unspecified atom stereocenters. The van der Waals surface area contributed by atoms with Crippen LogP contribution in [0.15, 0.2) is 12.4 Å². The molecule has 0 spiro atoms. The number of aliphatic carboxylic acids is 1. The number of carboxylic acids is 1. The zero-order valence-electron chi connectivity index (χ0n) is 9.54. The Morgan fingerprint density at radius 3 is 2.88 bits per heavy atom. The molecule has 1 aliphatic carbocycles. The zero-order valence-corrected chi connectivity index (χ0v) is 9.54. The van der Waals surface area contributed by atoms with E-state index < -0.39 is 12.0 Å². The van der Waals surface area contributed by atoms with Crippen molar-refractivity contribution in [1.82, 2.24) is 9.97 Å². The molecule has 2 heterocycles. The molecule has 1 saturated carbocycles. The third kappa shape index (κ3) is 1.97. The summed E-state index contributed by atoms with van der Waals surface area (Å²) in [6.07, 6.45) is 5.57. The van der Waals surface area contributed by atoms with E-state index in [4.69, 9.17) is 5.11 Å². The Kier molecular flexibility index (Phi) is 2.46. The molecule has 0 radical (unpaired) electrons. The van der Waals surface area contributed by atoms with Crippen LogP contribution in [0.3, 0.4) is 0 Å². The minimum Gasteiger partial charge on any atom is -0.480 e. The van der Waals surface area contributed by atoms with Crippen molar-refractivity contribution in [2.24, 2.45) is 0 Å². The SMILES string of the molecule is O=C(O)C1CCCN1c1cc(C2CC2)ncn1. The molecule has 0 aromatic carbocycles. The van der Waals surface area contributed by atoms with E-state index in [1.165, 1.54) is 12.8 Å². The first kappa shape index (κ1) is 10.5. The van der Waals surface area contributed by atoms with Gasteiger partial charge in [0.1, 0.15) is 18.2 Å². The Bertz CT molecular complexity index is 445. The summed E-state index contributed by atoms with van der Waals surface area (Å²) in [6.45, 7) is 0.776. The first-order valence-electron chi connectivity index (χ1n) is 6.07. The fourth-order valence-corrected chi connectivity index (χ4v) is 2.42. The lowest BCUT2D eigenvalue weighted by atomic mass is 10.2. The predicted octanol–water partition coefficient (Wildman–Crippen LogP) is 1.41. The van der Waals surface area contributed by atoms with Crippen LogP contribution in [0.2, 0.25) is 0 Å². The van der Waals surface area contributed by atoms with Gasteiger partial charge in [0.15, 0.2) is 0 Å². The molecule has 90 valence electrons. The van der Waals surface area contributed by atoms with Gasteiger partial charge in [0.2, 0.25) is 0 Å². The molecule has 5 nitrogen and oxygen atoms in total. The van der Waals surface area contributed by atoms with E-state index in [-0.39, 0.29) is 0 Å². The molecule has 1 aromatic heterocycles. The second-order valence-corrected chi connectivity index (χ2v) is 4.77. The van der Waals surface area contributed by atoms with Gasteiger partial charge in [0.05, 0.1) is 0 Å². The monoisotopic (exact) mass is 233 g/mol. The van der Waals surface area contributed by atoms with Crippen molar-refractivity contribution >= 4 is 11.8 Å². The lowest BCUT2D eigenvalue weighted by Gasteiger charge is -2.22. The summed E-state index contributed by atoms with van der Waals surface area (Å²) in [4.78, 5) is 21.5. The van der Waals surface area contributed by atoms with E-state index in [1.54, 1.807) is 6.33 Å². The lowest BCUT2D eigenvalue weighted by Crippen LogP contribution is -2.36. The van der Waals surface area contributed by atoms with Gasteiger partial charge in [-0.25, -0.2) is 14.8 Å². The first-order chi connectivity index (χ1) is 8.25. The van der Waals surface area contributed by atoms with Crippen molar-refractivity contribution in [3.63, 3.8) is 0 Å². The number of aromatic nitrogens is 2. The van der Waals surface area contributed by atoms with Crippen molar-refractivity contribution in [3.05, 3.63) is 18.1 Å². The van der Waals surface area contributed by atoms with Gasteiger partial charge in [-0.15, -0.1) is 0 Å². The van der Waals surface area contributed by atoms with Crippen LogP contribution in [0.4, 0.5) is 5.82 Å². The molecule has 1 atom stereocenters. The van der Waals surface area contributed by atoms with Crippen LogP contribution in [-0.4, -0.2) is 33.6 Å². The van der Waals surface area contributed by atoms with E-state index >= 15 is 0 Å². The average molecular weight is 233 g/mol. The van der Waals surface area contributed by atoms with Crippen LogP contribution in [0.1, 0.15) is 37.3 Å². The highest BCUT2D eigenvalue weighted by Gasteiger charge is 2.32. The van der Waals surface area contributed by atoms with Crippen LogP contribution in [-0.2, 0) is 4.79 Å². The van der Waals surface area contributed by atoms with E-state index in [2.05, 4.69) is 9.97 Å². The number of carbonyl (C=O) groups is 1. The second kappa shape index (κ2) is 3.98. The van der Waals surface area contributed by atoms with Gasteiger partial charge in [-0.2, -0.15) is 0 Å². The molecule has 3 rings (SSSR count). The third-order valence-electron chi connectivity index (χ3n) is 3.50. The van der Waals surface area contributed by atoms with E-state index in [1.807, 2.05) is 11.0 Å². The van der Waals surface area contributed by atoms with Crippen LogP contribution in [0, 0.1) is 0 Å². The van der Waals surface area contributed by atoms with Crippen LogP contribution in [0.5, 0.6) is 0 Å². The van der Waals surface area contributed by atoms with Crippen molar-refractivity contribution < 1.29 is 9.90 Å². The zero-order chi connectivity index (χ0) is 11.8. The number of carboxylic acid groups (broad SMARTS) is 1. The minimum absolute atomic E-state index is 0.419. The van der Waals surface area contributed by atoms with E-state index in [0.29, 0.717) is 12.3 Å². The molecular formula is C12H15N3O2. The molecule has 1 aliphatic heterocycles. The van der Waals surface area contributed by atoms with Gasteiger partial charge in [0, 0.05) is 24.2 Å². The summed E-state index contributed by atoms with van der Waals surface area (Å²) in [6, 6.07) is 1.54. The fraction of sp³-hybridized carbons (Fsp3) is 0.583. The number of rotatable bonds is 3. The second-order valence-electron chi connectivity index (χ2n) is 4.77. The highest BCUT2D eigenvalue weighted by atomic mass is 16.4. The average Bonchev–Trinajstić information content (AvgIpc) is 3.06. The molecular weight excluding hydrogens is 218 g/mol. The fourth-order valence-electron chi connectivity index (χ4n) is 2.42. The van der Waals surface area contributed by atoms with Gasteiger partial charge in [0.25, 0.3) is 0 Å². The maximum absolute atomic E-state index is 11.1. The van der Waals surface area contributed by atoms with Crippen molar-refractivity contribution in [3.8, 4) is 0 Å². The Labute approximate surface area is 99.5 Å². The summed E-state index contributed by atoms with van der Waals surface area (Å²) >= 11 is 0. The predicted molar refractivity (Wildman–Crippen MR) is 62.0 cm³/mol. The topological polar surface area (TPSA) is 66.3 Å². The van der Waals surface area contributed by atoms with Crippen molar-refractivity contribution in [2.45, 2.75) is 37.6 Å². The van der Waals surface area contributed by atoms with Gasteiger partial charge in [-0.05, 0) is 25.7 Å². The van der Waals surface area contributed by atoms with Crippen LogP contribution in [0.25, 0.3) is 0 Å². The van der Waals surface area contributed by atoms with E-state index in [9.17, 15) is 4.79 Å². The minimum atomic E-state index is -0.755.